The summed E-state index contributed by atoms with van der Waals surface area (Å²) in [4.78, 5) is 24.7. The molecule has 2 aromatic carbocycles. The average molecular weight is 374 g/mol. The normalized spacial score (nSPS) is 17.8. The van der Waals surface area contributed by atoms with Gasteiger partial charge in [-0.1, -0.05) is 25.1 Å². The molecule has 142 valence electrons. The van der Waals surface area contributed by atoms with E-state index in [-0.39, 0.29) is 17.7 Å². The fourth-order valence-electron chi connectivity index (χ4n) is 3.19. The highest BCUT2D eigenvalue weighted by Crippen LogP contribution is 2.38. The van der Waals surface area contributed by atoms with E-state index in [0.717, 1.165) is 17.7 Å². The second-order valence-corrected chi connectivity index (χ2v) is 7.25. The third-order valence-electron chi connectivity index (χ3n) is 4.93. The van der Waals surface area contributed by atoms with Crippen LogP contribution in [-0.2, 0) is 11.3 Å². The smallest absolute Gasteiger partial charge is 0.255 e. The Morgan fingerprint density at radius 1 is 1.07 bits per heavy atom. The molecule has 28 heavy (non-hydrogen) atoms. The molecule has 0 radical (unpaired) electrons. The van der Waals surface area contributed by atoms with Crippen molar-refractivity contribution >= 4 is 23.2 Å². The molecule has 2 amide bonds. The van der Waals surface area contributed by atoms with Gasteiger partial charge in [-0.3, -0.25) is 14.3 Å². The van der Waals surface area contributed by atoms with E-state index in [1.807, 2.05) is 41.2 Å². The highest BCUT2D eigenvalue weighted by molar-refractivity contribution is 6.05. The molecule has 3 aromatic rings. The van der Waals surface area contributed by atoms with Crippen molar-refractivity contribution in [3.05, 3.63) is 78.1 Å². The lowest BCUT2D eigenvalue weighted by atomic mass is 10.1. The van der Waals surface area contributed by atoms with Crippen LogP contribution in [0.25, 0.3) is 0 Å². The van der Waals surface area contributed by atoms with Crippen LogP contribution in [0, 0.1) is 11.8 Å². The van der Waals surface area contributed by atoms with Crippen LogP contribution in [0.1, 0.15) is 29.3 Å². The van der Waals surface area contributed by atoms with Crippen LogP contribution in [0.15, 0.2) is 67.0 Å². The van der Waals surface area contributed by atoms with Crippen LogP contribution in [0.4, 0.5) is 11.4 Å². The predicted octanol–water partition coefficient (Wildman–Crippen LogP) is 3.78. The summed E-state index contributed by atoms with van der Waals surface area (Å²) >= 11 is 0. The Kier molecular flexibility index (Phi) is 4.93. The van der Waals surface area contributed by atoms with E-state index >= 15 is 0 Å². The molecule has 2 atom stereocenters. The van der Waals surface area contributed by atoms with Crippen LogP contribution in [0.2, 0.25) is 0 Å². The number of hydrogen-bond donors (Lipinski definition) is 2. The number of carbonyl (C=O) groups is 2. The molecule has 6 heteroatoms. The van der Waals surface area contributed by atoms with E-state index in [2.05, 4.69) is 22.7 Å². The van der Waals surface area contributed by atoms with Crippen molar-refractivity contribution in [2.75, 3.05) is 10.6 Å². The van der Waals surface area contributed by atoms with Crippen molar-refractivity contribution in [1.29, 1.82) is 0 Å². The van der Waals surface area contributed by atoms with Crippen LogP contribution in [0.5, 0.6) is 0 Å². The molecule has 0 unspecified atom stereocenters. The standard InChI is InChI=1S/C22H22N4O2/c1-15-11-20(15)22(28)25-19-8-3-6-17(13-19)21(27)24-18-7-2-5-16(12-18)14-26-10-4-9-23-26/h2-10,12-13,15,20H,11,14H2,1H3,(H,24,27)(H,25,28)/t15-,20+/m1/s1. The molecule has 0 bridgehead atoms. The quantitative estimate of drug-likeness (QED) is 0.689. The van der Waals surface area contributed by atoms with Crippen LogP contribution < -0.4 is 10.6 Å². The van der Waals surface area contributed by atoms with Gasteiger partial charge >= 0.3 is 0 Å². The van der Waals surface area contributed by atoms with E-state index in [9.17, 15) is 9.59 Å². The molecule has 1 aromatic heterocycles. The molecule has 4 rings (SSSR count). The van der Waals surface area contributed by atoms with Gasteiger partial charge in [-0.05, 0) is 54.3 Å². The number of anilines is 2. The first kappa shape index (κ1) is 18.0. The van der Waals surface area contributed by atoms with Crippen LogP contribution in [-0.4, -0.2) is 21.6 Å². The molecular formula is C22H22N4O2. The van der Waals surface area contributed by atoms with Gasteiger partial charge in [0.1, 0.15) is 0 Å². The van der Waals surface area contributed by atoms with Crippen LogP contribution in [0.3, 0.4) is 0 Å². The maximum Gasteiger partial charge on any atom is 0.255 e. The molecule has 1 heterocycles. The van der Waals surface area contributed by atoms with Gasteiger partial charge in [0.05, 0.1) is 6.54 Å². The Bertz CT molecular complexity index is 997. The maximum absolute atomic E-state index is 12.6. The Morgan fingerprint density at radius 3 is 2.54 bits per heavy atom. The van der Waals surface area contributed by atoms with Gasteiger partial charge in [0.2, 0.25) is 5.91 Å². The third kappa shape index (κ3) is 4.28. The zero-order chi connectivity index (χ0) is 19.5. The second kappa shape index (κ2) is 7.68. The van der Waals surface area contributed by atoms with Gasteiger partial charge in [0.25, 0.3) is 5.91 Å². The molecule has 1 saturated carbocycles. The number of hydrogen-bond acceptors (Lipinski definition) is 3. The Hall–Kier alpha value is -3.41. The zero-order valence-electron chi connectivity index (χ0n) is 15.6. The highest BCUT2D eigenvalue weighted by Gasteiger charge is 2.39. The first-order valence-electron chi connectivity index (χ1n) is 9.37. The maximum atomic E-state index is 12.6. The molecule has 1 aliphatic rings. The second-order valence-electron chi connectivity index (χ2n) is 7.25. The van der Waals surface area contributed by atoms with Gasteiger partial charge in [-0.15, -0.1) is 0 Å². The van der Waals surface area contributed by atoms with Crippen molar-refractivity contribution in [3.8, 4) is 0 Å². The summed E-state index contributed by atoms with van der Waals surface area (Å²) in [6.07, 6.45) is 4.57. The monoisotopic (exact) mass is 374 g/mol. The first-order valence-corrected chi connectivity index (χ1v) is 9.37. The minimum atomic E-state index is -0.216. The van der Waals surface area contributed by atoms with E-state index < -0.39 is 0 Å². The average Bonchev–Trinajstić information content (AvgIpc) is 3.20. The number of aromatic nitrogens is 2. The van der Waals surface area contributed by atoms with Crippen molar-refractivity contribution in [2.45, 2.75) is 19.9 Å². The largest absolute Gasteiger partial charge is 0.326 e. The summed E-state index contributed by atoms with van der Waals surface area (Å²) in [6.45, 7) is 2.70. The van der Waals surface area contributed by atoms with Crippen molar-refractivity contribution in [1.82, 2.24) is 9.78 Å². The molecule has 6 nitrogen and oxygen atoms in total. The van der Waals surface area contributed by atoms with Crippen molar-refractivity contribution in [2.24, 2.45) is 11.8 Å². The summed E-state index contributed by atoms with van der Waals surface area (Å²) < 4.78 is 1.83. The number of nitrogens with zero attached hydrogens (tertiary/aromatic N) is 2. The predicted molar refractivity (Wildman–Crippen MR) is 108 cm³/mol. The van der Waals surface area contributed by atoms with E-state index in [1.54, 1.807) is 30.5 Å². The lowest BCUT2D eigenvalue weighted by Gasteiger charge is -2.10. The molecule has 0 saturated heterocycles. The Labute approximate surface area is 163 Å². The number of rotatable bonds is 6. The fraction of sp³-hybridized carbons (Fsp3) is 0.227. The topological polar surface area (TPSA) is 76.0 Å². The molecular weight excluding hydrogens is 352 g/mol. The lowest BCUT2D eigenvalue weighted by molar-refractivity contribution is -0.117. The summed E-state index contributed by atoms with van der Waals surface area (Å²) in [6, 6.07) is 16.6. The lowest BCUT2D eigenvalue weighted by Crippen LogP contribution is -2.16. The van der Waals surface area contributed by atoms with E-state index in [4.69, 9.17) is 0 Å². The van der Waals surface area contributed by atoms with Crippen LogP contribution >= 0.6 is 0 Å². The van der Waals surface area contributed by atoms with Gasteiger partial charge in [-0.25, -0.2) is 0 Å². The number of nitrogens with one attached hydrogen (secondary N) is 2. The third-order valence-corrected chi connectivity index (χ3v) is 4.93. The number of benzene rings is 2. The summed E-state index contributed by atoms with van der Waals surface area (Å²) in [7, 11) is 0. The van der Waals surface area contributed by atoms with Gasteiger partial charge in [0.15, 0.2) is 0 Å². The molecule has 1 aliphatic carbocycles. The van der Waals surface area contributed by atoms with E-state index in [0.29, 0.717) is 23.7 Å². The summed E-state index contributed by atoms with van der Waals surface area (Å²) in [5.74, 6) is 0.346. The minimum absolute atomic E-state index is 0.0244. The Morgan fingerprint density at radius 2 is 1.82 bits per heavy atom. The van der Waals surface area contributed by atoms with E-state index in [1.165, 1.54) is 0 Å². The molecule has 0 spiro atoms. The number of carbonyl (C=O) groups excluding carboxylic acids is 2. The molecule has 0 aliphatic heterocycles. The SMILES string of the molecule is C[C@@H]1C[C@@H]1C(=O)Nc1cccc(C(=O)Nc2cccc(Cn3cccn3)c2)c1. The van der Waals surface area contributed by atoms with Crippen molar-refractivity contribution in [3.63, 3.8) is 0 Å². The van der Waals surface area contributed by atoms with Crippen molar-refractivity contribution < 1.29 is 9.59 Å². The fourth-order valence-corrected chi connectivity index (χ4v) is 3.19. The first-order chi connectivity index (χ1) is 13.6. The number of amides is 2. The Balaban J connectivity index is 1.42. The minimum Gasteiger partial charge on any atom is -0.326 e. The highest BCUT2D eigenvalue weighted by atomic mass is 16.2. The zero-order valence-corrected chi connectivity index (χ0v) is 15.6. The summed E-state index contributed by atoms with van der Waals surface area (Å²) in [5.41, 5.74) is 2.90. The van der Waals surface area contributed by atoms with Gasteiger partial charge < -0.3 is 10.6 Å². The van der Waals surface area contributed by atoms with Gasteiger partial charge in [-0.2, -0.15) is 5.10 Å². The molecule has 1 fully saturated rings. The molecule has 2 N–H and O–H groups in total. The van der Waals surface area contributed by atoms with Gasteiger partial charge in [0, 0.05) is 35.2 Å². The summed E-state index contributed by atoms with van der Waals surface area (Å²) in [5, 5.41) is 10.0.